The number of allylic oxidation sites excluding steroid dienone is 4. The second kappa shape index (κ2) is 24.0. The van der Waals surface area contributed by atoms with Crippen LogP contribution in [0.15, 0.2) is 60.9 Å². The number of methoxy groups -OCH3 is 1. The molecule has 2 aromatic rings. The monoisotopic (exact) mass is 771 g/mol. The van der Waals surface area contributed by atoms with E-state index in [0.29, 0.717) is 12.2 Å². The van der Waals surface area contributed by atoms with Crippen molar-refractivity contribution in [3.05, 3.63) is 89.2 Å². The van der Waals surface area contributed by atoms with Gasteiger partial charge in [0.1, 0.15) is 17.9 Å². The summed E-state index contributed by atoms with van der Waals surface area (Å²) < 4.78 is 49.7. The number of esters is 1. The van der Waals surface area contributed by atoms with Crippen molar-refractivity contribution in [2.45, 2.75) is 61.8 Å². The molecule has 1 aliphatic rings. The van der Waals surface area contributed by atoms with Crippen LogP contribution in [0.5, 0.6) is 5.75 Å². The van der Waals surface area contributed by atoms with Crippen LogP contribution in [0.3, 0.4) is 0 Å². The average Bonchev–Trinajstić information content (AvgIpc) is 3.18. The van der Waals surface area contributed by atoms with Gasteiger partial charge in [-0.15, -0.1) is 0 Å². The Hall–Kier alpha value is -5.53. The molecule has 1 saturated heterocycles. The highest BCUT2D eigenvalue weighted by Crippen LogP contribution is 2.33. The van der Waals surface area contributed by atoms with Crippen LogP contribution in [0, 0.1) is 17.0 Å². The first-order chi connectivity index (χ1) is 26.2. The third kappa shape index (κ3) is 12.8. The second-order valence-corrected chi connectivity index (χ2v) is 11.8. The Morgan fingerprint density at radius 1 is 0.964 bits per heavy atom. The molecular weight excluding hydrogens is 716 g/mol. The lowest BCUT2D eigenvalue weighted by Gasteiger charge is -2.34. The molecule has 1 aliphatic heterocycles. The Balaban J connectivity index is 0.000000707. The number of amides is 3. The molecule has 1 atom stereocenters. The van der Waals surface area contributed by atoms with Crippen LogP contribution in [0.2, 0.25) is 0 Å². The zero-order valence-corrected chi connectivity index (χ0v) is 33.4. The van der Waals surface area contributed by atoms with Gasteiger partial charge in [-0.1, -0.05) is 63.8 Å². The minimum Gasteiger partial charge on any atom is -0.498 e. The van der Waals surface area contributed by atoms with E-state index in [0.717, 1.165) is 25.2 Å². The molecule has 0 bridgehead atoms. The van der Waals surface area contributed by atoms with E-state index in [1.165, 1.54) is 11.8 Å². The van der Waals surface area contributed by atoms with Gasteiger partial charge in [0.15, 0.2) is 22.8 Å². The molecule has 1 fully saturated rings. The molecule has 3 amide bonds. The number of benzene rings is 2. The summed E-state index contributed by atoms with van der Waals surface area (Å²) in [6.45, 7) is 19.6. The number of halogens is 2. The number of piperazine rings is 1. The normalized spacial score (nSPS) is 13.5. The molecule has 0 aliphatic carbocycles. The summed E-state index contributed by atoms with van der Waals surface area (Å²) >= 11 is 0. The highest BCUT2D eigenvalue weighted by molar-refractivity contribution is 6.11. The van der Waals surface area contributed by atoms with E-state index < -0.39 is 46.1 Å². The lowest BCUT2D eigenvalue weighted by Crippen LogP contribution is -2.50. The highest BCUT2D eigenvalue weighted by Gasteiger charge is 2.40. The number of carbonyl (C=O) groups is 5. The highest BCUT2D eigenvalue weighted by atomic mass is 19.1. The van der Waals surface area contributed by atoms with Crippen molar-refractivity contribution in [3.8, 4) is 5.75 Å². The predicted octanol–water partition coefficient (Wildman–Crippen LogP) is 7.20. The van der Waals surface area contributed by atoms with Crippen LogP contribution in [0.25, 0.3) is 5.57 Å². The zero-order valence-electron chi connectivity index (χ0n) is 33.4. The number of hydrogen-bond acceptors (Lipinski definition) is 9. The van der Waals surface area contributed by atoms with Gasteiger partial charge in [0.2, 0.25) is 5.91 Å². The van der Waals surface area contributed by atoms with Gasteiger partial charge in [-0.3, -0.25) is 24.0 Å². The standard InChI is InChI=1S/C28H31F2N3O4.C11H18O5.C2H6/c1-5-9-19(10-6-2)20-11-7-8-12-21(20)27(35)31-23-17-22(29)26(37-4)25(30)24(23)28(36)33-15-13-32(14-16-33)18(3)34;1-5-15-9(3)11(4,7-14-8-12)10(13)16-6-2;1-2/h5,7-12,17H,6,13-16H2,1-4H3,(H,31,35);8H,3,5-7H2,1-2,4H3;1-2H3/b9-5-,19-10+;;. The fourth-order valence-corrected chi connectivity index (χ4v) is 5.35. The van der Waals surface area contributed by atoms with Crippen LogP contribution in [-0.4, -0.2) is 93.1 Å². The Bertz CT molecular complexity index is 1680. The van der Waals surface area contributed by atoms with E-state index in [4.69, 9.17) is 14.2 Å². The van der Waals surface area contributed by atoms with Crippen molar-refractivity contribution in [3.63, 3.8) is 0 Å². The molecule has 1 heterocycles. The van der Waals surface area contributed by atoms with Crippen molar-refractivity contribution < 1.29 is 51.7 Å². The Kier molecular flexibility index (Phi) is 20.7. The molecular formula is C41H55F2N3O9. The van der Waals surface area contributed by atoms with E-state index in [-0.39, 0.29) is 68.8 Å². The van der Waals surface area contributed by atoms with Crippen molar-refractivity contribution in [2.24, 2.45) is 5.41 Å². The molecule has 1 N–H and O–H groups in total. The molecule has 0 saturated carbocycles. The molecule has 1 unspecified atom stereocenters. The van der Waals surface area contributed by atoms with E-state index in [1.807, 2.05) is 45.9 Å². The molecule has 55 heavy (non-hydrogen) atoms. The molecule has 0 aromatic heterocycles. The number of nitrogens with zero attached hydrogens (tertiary/aromatic N) is 2. The number of rotatable bonds is 15. The first kappa shape index (κ1) is 47.5. The maximum Gasteiger partial charge on any atom is 0.322 e. The van der Waals surface area contributed by atoms with Gasteiger partial charge in [-0.05, 0) is 51.3 Å². The lowest BCUT2D eigenvalue weighted by molar-refractivity contribution is -0.159. The first-order valence-corrected chi connectivity index (χ1v) is 18.1. The smallest absolute Gasteiger partial charge is 0.322 e. The van der Waals surface area contributed by atoms with E-state index in [1.54, 1.807) is 49.9 Å². The Morgan fingerprint density at radius 2 is 1.55 bits per heavy atom. The molecule has 12 nitrogen and oxygen atoms in total. The van der Waals surface area contributed by atoms with Crippen molar-refractivity contribution >= 4 is 41.4 Å². The van der Waals surface area contributed by atoms with Crippen molar-refractivity contribution in [2.75, 3.05) is 58.4 Å². The van der Waals surface area contributed by atoms with E-state index >= 15 is 4.39 Å². The van der Waals surface area contributed by atoms with Gasteiger partial charge >= 0.3 is 5.97 Å². The van der Waals surface area contributed by atoms with Crippen LogP contribution in [-0.2, 0) is 28.6 Å². The van der Waals surface area contributed by atoms with E-state index in [2.05, 4.69) is 16.6 Å². The number of ether oxygens (including phenoxy) is 4. The van der Waals surface area contributed by atoms with Gasteiger partial charge < -0.3 is 34.1 Å². The number of anilines is 1. The Morgan fingerprint density at radius 3 is 2.05 bits per heavy atom. The summed E-state index contributed by atoms with van der Waals surface area (Å²) in [7, 11) is 1.10. The summed E-state index contributed by atoms with van der Waals surface area (Å²) in [4.78, 5) is 63.3. The SMILES string of the molecule is C/C=C\C(=C/CC)c1ccccc1C(=O)Nc1cc(F)c(OC)c(F)c1C(=O)N1CCN(C(C)=O)CC1.C=C(OCC)C(C)(COC=O)C(=O)OCC.CC. The number of hydrogen-bond donors (Lipinski definition) is 1. The largest absolute Gasteiger partial charge is 0.498 e. The van der Waals surface area contributed by atoms with Gasteiger partial charge in [-0.2, -0.15) is 0 Å². The van der Waals surface area contributed by atoms with E-state index in [9.17, 15) is 28.4 Å². The summed E-state index contributed by atoms with van der Waals surface area (Å²) in [5.74, 6) is -4.74. The van der Waals surface area contributed by atoms with Crippen molar-refractivity contribution in [1.82, 2.24) is 9.80 Å². The summed E-state index contributed by atoms with van der Waals surface area (Å²) in [6, 6.07) is 7.76. The minimum absolute atomic E-state index is 0.122. The molecule has 0 spiro atoms. The van der Waals surface area contributed by atoms with Crippen LogP contribution in [0.4, 0.5) is 14.5 Å². The maximum atomic E-state index is 15.4. The number of carbonyl (C=O) groups excluding carboxylic acids is 5. The minimum atomic E-state index is -1.20. The third-order valence-electron chi connectivity index (χ3n) is 8.21. The zero-order chi connectivity index (χ0) is 41.7. The van der Waals surface area contributed by atoms with Crippen molar-refractivity contribution in [1.29, 1.82) is 0 Å². The third-order valence-corrected chi connectivity index (χ3v) is 8.21. The molecule has 0 radical (unpaired) electrons. The first-order valence-electron chi connectivity index (χ1n) is 18.1. The summed E-state index contributed by atoms with van der Waals surface area (Å²) in [5, 5.41) is 2.55. The molecule has 3 rings (SSSR count). The molecule has 2 aromatic carbocycles. The molecule has 14 heteroatoms. The summed E-state index contributed by atoms with van der Waals surface area (Å²) in [5.41, 5.74) is -0.220. The van der Waals surface area contributed by atoms with Crippen LogP contribution >= 0.6 is 0 Å². The second-order valence-electron chi connectivity index (χ2n) is 11.8. The van der Waals surface area contributed by atoms with Gasteiger partial charge in [0.25, 0.3) is 18.3 Å². The predicted molar refractivity (Wildman–Crippen MR) is 207 cm³/mol. The van der Waals surface area contributed by atoms with Gasteiger partial charge in [0.05, 0.1) is 26.0 Å². The van der Waals surface area contributed by atoms with Crippen LogP contribution < -0.4 is 10.1 Å². The molecule has 302 valence electrons. The Labute approximate surface area is 323 Å². The topological polar surface area (TPSA) is 141 Å². The fraction of sp³-hybridized carbons (Fsp3) is 0.439. The lowest BCUT2D eigenvalue weighted by atomic mass is 9.90. The van der Waals surface area contributed by atoms with Gasteiger partial charge in [-0.25, -0.2) is 8.78 Å². The average molecular weight is 772 g/mol. The number of nitrogens with one attached hydrogen (secondary N) is 1. The van der Waals surface area contributed by atoms with Gasteiger partial charge in [0, 0.05) is 44.7 Å². The summed E-state index contributed by atoms with van der Waals surface area (Å²) in [6.07, 6.45) is 6.43. The van der Waals surface area contributed by atoms with Crippen LogP contribution in [0.1, 0.15) is 88.1 Å². The fourth-order valence-electron chi connectivity index (χ4n) is 5.35. The quantitative estimate of drug-likeness (QED) is 0.0861. The maximum absolute atomic E-state index is 15.4.